The number of carbonyl (C=O) groups is 5. The Labute approximate surface area is 410 Å². The van der Waals surface area contributed by atoms with Crippen molar-refractivity contribution in [2.75, 3.05) is 19.8 Å². The lowest BCUT2D eigenvalue weighted by atomic mass is 9.96. The Bertz CT molecular complexity index is 2360. The van der Waals surface area contributed by atoms with Crippen LogP contribution in [0, 0.1) is 0 Å². The van der Waals surface area contributed by atoms with Gasteiger partial charge in [0.15, 0.2) is 24.8 Å². The molecule has 0 aliphatic carbocycles. The standard InChI is InChI=1S/C50H58NO19P/c1-32(52)51-43-46(67-35(4)55)45(66-34(3)54)40(29-59-33(2)53)68-49(43)70-71(58,64-28-39-23-15-8-16-24-39)65-30-41-44(60-25-36-17-9-5-10-18-36)47(61-26-37-19-11-6-12-20-37)48(50(69-41)63-31-42(56)57)62-27-38-21-13-7-14-22-38/h5-24,40-41,43-50H,25-31H2,1-4H3,(H,51,52)(H,56,57)/t40-,41-,43-,44-,45-,46-,47+,48+,49-,50+,71?/m1/s1. The van der Waals surface area contributed by atoms with E-state index in [4.69, 9.17) is 56.2 Å². The van der Waals surface area contributed by atoms with Gasteiger partial charge in [-0.1, -0.05) is 121 Å². The average Bonchev–Trinajstić information content (AvgIpc) is 3.35. The van der Waals surface area contributed by atoms with Crippen molar-refractivity contribution >= 4 is 37.6 Å². The highest BCUT2D eigenvalue weighted by molar-refractivity contribution is 7.48. The lowest BCUT2D eigenvalue weighted by Gasteiger charge is -2.46. The van der Waals surface area contributed by atoms with Crippen LogP contribution in [-0.2, 0) is 111 Å². The molecule has 0 saturated carbocycles. The molecule has 2 heterocycles. The molecule has 0 spiro atoms. The molecule has 11 atom stereocenters. The van der Waals surface area contributed by atoms with E-state index in [0.29, 0.717) is 5.56 Å². The second kappa shape index (κ2) is 27.1. The number of ether oxygens (including phenoxy) is 9. The van der Waals surface area contributed by atoms with Crippen molar-refractivity contribution in [1.29, 1.82) is 0 Å². The lowest BCUT2D eigenvalue weighted by molar-refractivity contribution is -0.325. The molecule has 382 valence electrons. The van der Waals surface area contributed by atoms with Crippen LogP contribution in [0.25, 0.3) is 0 Å². The Hall–Kier alpha value is -5.90. The fraction of sp³-hybridized carbons (Fsp3) is 0.420. The predicted molar refractivity (Wildman–Crippen MR) is 247 cm³/mol. The lowest BCUT2D eigenvalue weighted by Crippen LogP contribution is -2.66. The zero-order valence-electron chi connectivity index (χ0n) is 39.5. The summed E-state index contributed by atoms with van der Waals surface area (Å²) in [5, 5.41) is 12.4. The number of amides is 1. The Morgan fingerprint density at radius 1 is 0.521 bits per heavy atom. The van der Waals surface area contributed by atoms with Crippen molar-refractivity contribution in [3.63, 3.8) is 0 Å². The van der Waals surface area contributed by atoms with Gasteiger partial charge in [0.25, 0.3) is 0 Å². The molecule has 6 rings (SSSR count). The number of aliphatic carboxylic acids is 1. The number of carboxylic acid groups (broad SMARTS) is 1. The van der Waals surface area contributed by atoms with Gasteiger partial charge in [-0.25, -0.2) is 9.36 Å². The van der Waals surface area contributed by atoms with Crippen molar-refractivity contribution in [2.45, 2.75) is 115 Å². The number of hydrogen-bond donors (Lipinski definition) is 2. The van der Waals surface area contributed by atoms with E-state index in [2.05, 4.69) is 5.32 Å². The summed E-state index contributed by atoms with van der Waals surface area (Å²) in [5.74, 6) is -4.47. The molecule has 2 aliphatic rings. The molecule has 2 fully saturated rings. The van der Waals surface area contributed by atoms with Crippen LogP contribution >= 0.6 is 7.82 Å². The fourth-order valence-electron chi connectivity index (χ4n) is 7.67. The zero-order valence-corrected chi connectivity index (χ0v) is 40.4. The Morgan fingerprint density at radius 2 is 0.972 bits per heavy atom. The number of benzene rings is 4. The first-order valence-corrected chi connectivity index (χ1v) is 24.1. The van der Waals surface area contributed by atoms with E-state index in [1.54, 1.807) is 30.3 Å². The topological polar surface area (TPSA) is 245 Å². The van der Waals surface area contributed by atoms with Crippen LogP contribution in [0.3, 0.4) is 0 Å². The van der Waals surface area contributed by atoms with Gasteiger partial charge >= 0.3 is 31.7 Å². The summed E-state index contributed by atoms with van der Waals surface area (Å²) >= 11 is 0. The van der Waals surface area contributed by atoms with Crippen LogP contribution in [0.2, 0.25) is 0 Å². The minimum absolute atomic E-state index is 0.000354. The van der Waals surface area contributed by atoms with Crippen molar-refractivity contribution in [3.8, 4) is 0 Å². The monoisotopic (exact) mass is 1010 g/mol. The highest BCUT2D eigenvalue weighted by Gasteiger charge is 2.55. The third-order valence-corrected chi connectivity index (χ3v) is 12.1. The van der Waals surface area contributed by atoms with Gasteiger partial charge in [0.05, 0.1) is 33.0 Å². The van der Waals surface area contributed by atoms with Crippen molar-refractivity contribution in [2.24, 2.45) is 0 Å². The maximum atomic E-state index is 15.4. The van der Waals surface area contributed by atoms with Crippen LogP contribution in [-0.4, -0.2) is 116 Å². The molecule has 2 saturated heterocycles. The summed E-state index contributed by atoms with van der Waals surface area (Å²) in [6, 6.07) is 34.6. The summed E-state index contributed by atoms with van der Waals surface area (Å²) in [5.41, 5.74) is 2.84. The first-order chi connectivity index (χ1) is 34.2. The van der Waals surface area contributed by atoms with Crippen molar-refractivity contribution in [1.82, 2.24) is 5.32 Å². The maximum absolute atomic E-state index is 15.4. The number of carboxylic acids is 1. The molecule has 1 amide bonds. The molecule has 0 bridgehead atoms. The molecule has 20 nitrogen and oxygen atoms in total. The minimum atomic E-state index is -5.05. The number of hydrogen-bond acceptors (Lipinski definition) is 18. The van der Waals surface area contributed by atoms with Gasteiger partial charge in [-0.3, -0.25) is 32.7 Å². The van der Waals surface area contributed by atoms with Crippen LogP contribution < -0.4 is 5.32 Å². The Kier molecular flexibility index (Phi) is 20.8. The highest BCUT2D eigenvalue weighted by atomic mass is 31.2. The quantitative estimate of drug-likeness (QED) is 0.0467. The van der Waals surface area contributed by atoms with Gasteiger partial charge in [0, 0.05) is 27.7 Å². The van der Waals surface area contributed by atoms with Gasteiger partial charge in [-0.2, -0.15) is 0 Å². The van der Waals surface area contributed by atoms with Gasteiger partial charge in [0.1, 0.15) is 49.8 Å². The molecule has 0 radical (unpaired) electrons. The van der Waals surface area contributed by atoms with E-state index in [-0.39, 0.29) is 26.4 Å². The van der Waals surface area contributed by atoms with E-state index in [1.807, 2.05) is 91.0 Å². The van der Waals surface area contributed by atoms with Gasteiger partial charge in [-0.05, 0) is 22.3 Å². The molecule has 4 aromatic rings. The van der Waals surface area contributed by atoms with Crippen molar-refractivity contribution in [3.05, 3.63) is 144 Å². The number of esters is 3. The molecule has 1 unspecified atom stereocenters. The first kappa shape index (κ1) is 54.4. The second-order valence-electron chi connectivity index (χ2n) is 16.4. The predicted octanol–water partition coefficient (Wildman–Crippen LogP) is 5.58. The zero-order chi connectivity index (χ0) is 50.8. The average molecular weight is 1010 g/mol. The van der Waals surface area contributed by atoms with E-state index in [9.17, 15) is 29.1 Å². The van der Waals surface area contributed by atoms with Crippen molar-refractivity contribution < 1.29 is 89.8 Å². The Morgan fingerprint density at radius 3 is 1.45 bits per heavy atom. The number of carbonyl (C=O) groups excluding carboxylic acids is 4. The fourth-order valence-corrected chi connectivity index (χ4v) is 8.93. The summed E-state index contributed by atoms with van der Waals surface area (Å²) in [4.78, 5) is 61.9. The molecule has 21 heteroatoms. The van der Waals surface area contributed by atoms with E-state index in [0.717, 1.165) is 44.4 Å². The largest absolute Gasteiger partial charge is 0.480 e. The van der Waals surface area contributed by atoms with Crippen LogP contribution in [0.5, 0.6) is 0 Å². The molecular formula is C50H58NO19P. The third-order valence-electron chi connectivity index (χ3n) is 10.8. The van der Waals surface area contributed by atoms with Gasteiger partial charge in [0.2, 0.25) is 5.91 Å². The van der Waals surface area contributed by atoms with E-state index >= 15 is 4.57 Å². The first-order valence-electron chi connectivity index (χ1n) is 22.6. The van der Waals surface area contributed by atoms with Gasteiger partial charge < -0.3 is 53.1 Å². The number of phosphoric acid groups is 1. The van der Waals surface area contributed by atoms with Gasteiger partial charge in [-0.15, -0.1) is 0 Å². The summed E-state index contributed by atoms with van der Waals surface area (Å²) in [6.07, 6.45) is -12.6. The maximum Gasteiger partial charge on any atom is 0.477 e. The third kappa shape index (κ3) is 17.1. The smallest absolute Gasteiger partial charge is 0.477 e. The van der Waals surface area contributed by atoms with E-state index in [1.165, 1.54) is 0 Å². The molecule has 2 aliphatic heterocycles. The molecule has 4 aromatic carbocycles. The Balaban J connectivity index is 1.40. The van der Waals surface area contributed by atoms with E-state index < -0.39 is 119 Å². The molecule has 0 aromatic heterocycles. The SMILES string of the molecule is CC(=O)N[C@H]1[C@@H](OP(=O)(OCc2ccccc2)OC[C@H]2O[C@H](OCC(=O)O)[C@@H](OCc3ccccc3)[C@@H](OCc3ccccc3)[C@@H]2OCc2ccccc2)O[C@H](COC(C)=O)[C@@H](OC(C)=O)[C@@H]1OC(C)=O. The second-order valence-corrected chi connectivity index (χ2v) is 18.0. The molecular weight excluding hydrogens is 950 g/mol. The summed E-state index contributed by atoms with van der Waals surface area (Å²) < 4.78 is 88.5. The normalized spacial score (nSPS) is 25.0. The van der Waals surface area contributed by atoms with Crippen LogP contribution in [0.1, 0.15) is 49.9 Å². The number of phosphoric ester groups is 1. The van der Waals surface area contributed by atoms with Crippen LogP contribution in [0.15, 0.2) is 121 Å². The summed E-state index contributed by atoms with van der Waals surface area (Å²) in [6.45, 7) is 2.00. The molecule has 2 N–H and O–H groups in total. The number of rotatable bonds is 25. The van der Waals surface area contributed by atoms with Crippen LogP contribution in [0.4, 0.5) is 0 Å². The highest BCUT2D eigenvalue weighted by Crippen LogP contribution is 2.53. The summed E-state index contributed by atoms with van der Waals surface area (Å²) in [7, 11) is -5.05. The molecule has 71 heavy (non-hydrogen) atoms. The minimum Gasteiger partial charge on any atom is -0.480 e. The number of nitrogens with one attached hydrogen (secondary N) is 1.